The van der Waals surface area contributed by atoms with E-state index in [2.05, 4.69) is 16.8 Å². The first-order chi connectivity index (χ1) is 10.2. The summed E-state index contributed by atoms with van der Waals surface area (Å²) in [6.07, 6.45) is 2.17. The fourth-order valence-corrected chi connectivity index (χ4v) is 3.24. The molecule has 2 rings (SSSR count). The maximum absolute atomic E-state index is 12.1. The van der Waals surface area contributed by atoms with E-state index >= 15 is 0 Å². The molecule has 0 bridgehead atoms. The van der Waals surface area contributed by atoms with Gasteiger partial charge in [-0.2, -0.15) is 0 Å². The van der Waals surface area contributed by atoms with Crippen molar-refractivity contribution in [3.05, 3.63) is 22.8 Å². The first-order valence-corrected chi connectivity index (χ1v) is 9.65. The van der Waals surface area contributed by atoms with Crippen molar-refractivity contribution < 1.29 is 13.2 Å². The first-order valence-electron chi connectivity index (χ1n) is 7.39. The molecule has 2 heterocycles. The van der Waals surface area contributed by atoms with Gasteiger partial charge in [-0.3, -0.25) is 0 Å². The molecule has 124 valence electrons. The van der Waals surface area contributed by atoms with E-state index in [-0.39, 0.29) is 6.04 Å². The predicted molar refractivity (Wildman–Crippen MR) is 89.4 cm³/mol. The zero-order valence-electron chi connectivity index (χ0n) is 13.5. The monoisotopic (exact) mass is 346 g/mol. The summed E-state index contributed by atoms with van der Waals surface area (Å²) < 4.78 is 28.6. The molecule has 0 amide bonds. The van der Waals surface area contributed by atoms with Gasteiger partial charge in [-0.05, 0) is 38.0 Å². The molecular weight excluding hydrogens is 324 g/mol. The molecule has 1 unspecified atom stereocenters. The van der Waals surface area contributed by atoms with Crippen molar-refractivity contribution in [3.8, 4) is 0 Å². The van der Waals surface area contributed by atoms with Gasteiger partial charge in [0.25, 0.3) is 0 Å². The number of rotatable bonds is 4. The summed E-state index contributed by atoms with van der Waals surface area (Å²) in [6.45, 7) is 7.48. The van der Waals surface area contributed by atoms with Crippen LogP contribution >= 0.6 is 11.6 Å². The van der Waals surface area contributed by atoms with E-state index in [9.17, 15) is 8.42 Å². The van der Waals surface area contributed by atoms with Crippen molar-refractivity contribution >= 4 is 27.3 Å². The van der Waals surface area contributed by atoms with E-state index in [1.165, 1.54) is 6.26 Å². The third kappa shape index (κ3) is 3.39. The SMILES string of the molecule is CCC1COCCN1c1cc(C(C)(C)S(C)(=O)=O)cc(Cl)n1. The highest BCUT2D eigenvalue weighted by molar-refractivity contribution is 7.91. The van der Waals surface area contributed by atoms with Crippen LogP contribution in [0.5, 0.6) is 0 Å². The van der Waals surface area contributed by atoms with Gasteiger partial charge in [-0.25, -0.2) is 13.4 Å². The second kappa shape index (κ2) is 6.34. The molecule has 1 fully saturated rings. The Balaban J connectivity index is 2.47. The van der Waals surface area contributed by atoms with Crippen LogP contribution in [0.25, 0.3) is 0 Å². The number of pyridine rings is 1. The molecule has 0 saturated carbocycles. The van der Waals surface area contributed by atoms with E-state index in [0.717, 1.165) is 18.8 Å². The lowest BCUT2D eigenvalue weighted by Gasteiger charge is -2.36. The molecule has 1 aliphatic heterocycles. The molecule has 5 nitrogen and oxygen atoms in total. The van der Waals surface area contributed by atoms with Gasteiger partial charge in [-0.15, -0.1) is 0 Å². The number of aromatic nitrogens is 1. The number of hydrogen-bond acceptors (Lipinski definition) is 5. The summed E-state index contributed by atoms with van der Waals surface area (Å²) in [5.74, 6) is 0.717. The number of ether oxygens (including phenoxy) is 1. The van der Waals surface area contributed by atoms with E-state index in [4.69, 9.17) is 16.3 Å². The second-order valence-corrected chi connectivity index (χ2v) is 9.10. The summed E-state index contributed by atoms with van der Waals surface area (Å²) in [5, 5.41) is 0.311. The minimum absolute atomic E-state index is 0.230. The molecule has 1 aromatic rings. The van der Waals surface area contributed by atoms with Crippen molar-refractivity contribution in [2.75, 3.05) is 30.9 Å². The molecule has 22 heavy (non-hydrogen) atoms. The van der Waals surface area contributed by atoms with E-state index in [1.807, 2.05) is 6.07 Å². The van der Waals surface area contributed by atoms with E-state index in [0.29, 0.717) is 23.9 Å². The highest BCUT2D eigenvalue weighted by Gasteiger charge is 2.34. The Bertz CT molecular complexity index is 646. The van der Waals surface area contributed by atoms with Crippen molar-refractivity contribution in [1.29, 1.82) is 0 Å². The quantitative estimate of drug-likeness (QED) is 0.784. The van der Waals surface area contributed by atoms with Gasteiger partial charge in [0.2, 0.25) is 0 Å². The van der Waals surface area contributed by atoms with Crippen LogP contribution < -0.4 is 4.90 Å². The molecular formula is C15H23ClN2O3S. The number of sulfone groups is 1. The highest BCUT2D eigenvalue weighted by atomic mass is 35.5. The molecule has 0 aromatic carbocycles. The smallest absolute Gasteiger partial charge is 0.156 e. The van der Waals surface area contributed by atoms with Gasteiger partial charge in [0, 0.05) is 12.8 Å². The number of halogens is 1. The third-order valence-corrected chi connectivity index (χ3v) is 6.68. The topological polar surface area (TPSA) is 59.5 Å². The fourth-order valence-electron chi connectivity index (χ4n) is 2.49. The summed E-state index contributed by atoms with van der Waals surface area (Å²) in [6, 6.07) is 3.70. The molecule has 0 radical (unpaired) electrons. The average molecular weight is 347 g/mol. The molecule has 1 saturated heterocycles. The molecule has 1 aliphatic rings. The van der Waals surface area contributed by atoms with Crippen molar-refractivity contribution in [2.24, 2.45) is 0 Å². The fraction of sp³-hybridized carbons (Fsp3) is 0.667. The Morgan fingerprint density at radius 1 is 1.45 bits per heavy atom. The first kappa shape index (κ1) is 17.5. The van der Waals surface area contributed by atoms with Gasteiger partial charge >= 0.3 is 0 Å². The normalized spacial score (nSPS) is 20.2. The Kier molecular flexibility index (Phi) is 5.04. The largest absolute Gasteiger partial charge is 0.377 e. The van der Waals surface area contributed by atoms with Gasteiger partial charge < -0.3 is 9.64 Å². The highest BCUT2D eigenvalue weighted by Crippen LogP contribution is 2.33. The number of hydrogen-bond donors (Lipinski definition) is 0. The summed E-state index contributed by atoms with van der Waals surface area (Å²) in [4.78, 5) is 6.54. The molecule has 1 atom stereocenters. The van der Waals surface area contributed by atoms with Gasteiger partial charge in [0.15, 0.2) is 9.84 Å². The summed E-state index contributed by atoms with van der Waals surface area (Å²) in [7, 11) is -3.27. The van der Waals surface area contributed by atoms with Crippen LogP contribution in [0.3, 0.4) is 0 Å². The van der Waals surface area contributed by atoms with Gasteiger partial charge in [-0.1, -0.05) is 18.5 Å². The Morgan fingerprint density at radius 3 is 2.73 bits per heavy atom. The molecule has 0 N–H and O–H groups in total. The maximum Gasteiger partial charge on any atom is 0.156 e. The van der Waals surface area contributed by atoms with Crippen LogP contribution in [0, 0.1) is 0 Å². The van der Waals surface area contributed by atoms with E-state index < -0.39 is 14.6 Å². The lowest BCUT2D eigenvalue weighted by Crippen LogP contribution is -2.45. The Labute approximate surface area is 137 Å². The van der Waals surface area contributed by atoms with Crippen LogP contribution in [0.15, 0.2) is 12.1 Å². The van der Waals surface area contributed by atoms with Crippen LogP contribution in [0.4, 0.5) is 5.82 Å². The molecule has 0 aliphatic carbocycles. The zero-order valence-corrected chi connectivity index (χ0v) is 15.0. The van der Waals surface area contributed by atoms with Crippen LogP contribution in [-0.4, -0.2) is 45.5 Å². The minimum atomic E-state index is -3.27. The van der Waals surface area contributed by atoms with Crippen LogP contribution in [0.1, 0.15) is 32.8 Å². The number of anilines is 1. The zero-order chi connectivity index (χ0) is 16.5. The minimum Gasteiger partial charge on any atom is -0.377 e. The van der Waals surface area contributed by atoms with Gasteiger partial charge in [0.05, 0.1) is 24.0 Å². The predicted octanol–water partition coefficient (Wildman–Crippen LogP) is 2.63. The lowest BCUT2D eigenvalue weighted by atomic mass is 10.0. The van der Waals surface area contributed by atoms with Crippen molar-refractivity contribution in [1.82, 2.24) is 4.98 Å². The second-order valence-electron chi connectivity index (χ2n) is 6.15. The Morgan fingerprint density at radius 2 is 2.14 bits per heavy atom. The molecule has 0 spiro atoms. The standard InChI is InChI=1S/C15H23ClN2O3S/c1-5-12-10-21-7-6-18(12)14-9-11(8-13(16)17-14)15(2,3)22(4,19)20/h8-9,12H,5-7,10H2,1-4H3. The van der Waals surface area contributed by atoms with Crippen LogP contribution in [-0.2, 0) is 19.3 Å². The van der Waals surface area contributed by atoms with E-state index in [1.54, 1.807) is 19.9 Å². The number of nitrogens with zero attached hydrogens (tertiary/aromatic N) is 2. The lowest BCUT2D eigenvalue weighted by molar-refractivity contribution is 0.0925. The molecule has 1 aromatic heterocycles. The maximum atomic E-state index is 12.1. The van der Waals surface area contributed by atoms with Crippen molar-refractivity contribution in [3.63, 3.8) is 0 Å². The summed E-state index contributed by atoms with van der Waals surface area (Å²) >= 11 is 6.15. The average Bonchev–Trinajstić information content (AvgIpc) is 2.45. The van der Waals surface area contributed by atoms with Gasteiger partial charge in [0.1, 0.15) is 11.0 Å². The van der Waals surface area contributed by atoms with Crippen molar-refractivity contribution in [2.45, 2.75) is 38.0 Å². The van der Waals surface area contributed by atoms with Crippen LogP contribution in [0.2, 0.25) is 5.15 Å². The number of morpholine rings is 1. The molecule has 7 heteroatoms. The summed E-state index contributed by atoms with van der Waals surface area (Å²) in [5.41, 5.74) is 0.659. The third-order valence-electron chi connectivity index (χ3n) is 4.40. The Hall–Kier alpha value is -0.850.